The number of rotatable bonds is 1. The molecule has 1 aromatic carbocycles. The van der Waals surface area contributed by atoms with Crippen molar-refractivity contribution >= 4 is 0 Å². The standard InChI is InChI=1S/C13H6F3N2/c14-13(15,16)11-5-1-3-9(7-11)12-10(8-17)4-2-6-18-12/h1-4,6-7H. The van der Waals surface area contributed by atoms with Crippen LogP contribution < -0.4 is 0 Å². The first-order valence-electron chi connectivity index (χ1n) is 4.97. The van der Waals surface area contributed by atoms with Crippen LogP contribution in [0, 0.1) is 17.4 Å². The highest BCUT2D eigenvalue weighted by Crippen LogP contribution is 2.31. The molecule has 1 heterocycles. The summed E-state index contributed by atoms with van der Waals surface area (Å²) >= 11 is 0. The van der Waals surface area contributed by atoms with Gasteiger partial charge in [0, 0.05) is 11.8 Å². The molecule has 89 valence electrons. The molecule has 18 heavy (non-hydrogen) atoms. The monoisotopic (exact) mass is 247 g/mol. The minimum Gasteiger partial charge on any atom is -0.255 e. The van der Waals surface area contributed by atoms with Crippen LogP contribution in [-0.4, -0.2) is 4.98 Å². The molecule has 2 nitrogen and oxygen atoms in total. The Balaban J connectivity index is 2.56. The maximum absolute atomic E-state index is 12.5. The molecule has 0 atom stereocenters. The maximum Gasteiger partial charge on any atom is 0.417 e. The van der Waals surface area contributed by atoms with E-state index in [1.54, 1.807) is 6.07 Å². The molecule has 5 heteroatoms. The topological polar surface area (TPSA) is 36.7 Å². The van der Waals surface area contributed by atoms with Crippen molar-refractivity contribution in [1.82, 2.24) is 4.98 Å². The normalized spacial score (nSPS) is 11.0. The van der Waals surface area contributed by atoms with E-state index in [9.17, 15) is 13.2 Å². The highest BCUT2D eigenvalue weighted by Gasteiger charge is 2.31. The van der Waals surface area contributed by atoms with Crippen LogP contribution in [0.2, 0.25) is 0 Å². The number of aromatic nitrogens is 1. The molecule has 0 saturated heterocycles. The number of benzene rings is 1. The number of alkyl halides is 3. The summed E-state index contributed by atoms with van der Waals surface area (Å²) in [5.41, 5.74) is -0.163. The van der Waals surface area contributed by atoms with Crippen molar-refractivity contribution in [3.63, 3.8) is 0 Å². The zero-order valence-corrected chi connectivity index (χ0v) is 8.99. The van der Waals surface area contributed by atoms with Crippen LogP contribution in [0.25, 0.3) is 11.3 Å². The molecule has 0 saturated carbocycles. The van der Waals surface area contributed by atoms with Gasteiger partial charge in [-0.15, -0.1) is 0 Å². The second kappa shape index (κ2) is 4.49. The summed E-state index contributed by atoms with van der Waals surface area (Å²) in [4.78, 5) is 3.94. The van der Waals surface area contributed by atoms with Gasteiger partial charge in [0.2, 0.25) is 0 Å². The van der Waals surface area contributed by atoms with Gasteiger partial charge < -0.3 is 0 Å². The molecule has 0 fully saturated rings. The van der Waals surface area contributed by atoms with E-state index in [-0.39, 0.29) is 16.8 Å². The minimum atomic E-state index is -4.46. The van der Waals surface area contributed by atoms with Crippen molar-refractivity contribution in [2.24, 2.45) is 0 Å². The summed E-state index contributed by atoms with van der Waals surface area (Å²) in [6.45, 7) is 0. The molecule has 0 bridgehead atoms. The van der Waals surface area contributed by atoms with Gasteiger partial charge >= 0.3 is 6.18 Å². The average molecular weight is 247 g/mol. The van der Waals surface area contributed by atoms with E-state index in [4.69, 9.17) is 5.26 Å². The second-order valence-electron chi connectivity index (χ2n) is 3.50. The van der Waals surface area contributed by atoms with Crippen LogP contribution in [-0.2, 0) is 6.18 Å². The first-order chi connectivity index (χ1) is 8.52. The van der Waals surface area contributed by atoms with Crippen LogP contribution in [0.4, 0.5) is 13.2 Å². The van der Waals surface area contributed by atoms with E-state index in [1.165, 1.54) is 24.4 Å². The average Bonchev–Trinajstić information content (AvgIpc) is 2.38. The zero-order chi connectivity index (χ0) is 13.2. The SMILES string of the molecule is N#Cc1cccnc1-c1cc[c]c(C(F)(F)F)c1. The molecular formula is C13H6F3N2. The summed E-state index contributed by atoms with van der Waals surface area (Å²) in [5.74, 6) is 0. The van der Waals surface area contributed by atoms with E-state index in [2.05, 4.69) is 11.1 Å². The third kappa shape index (κ3) is 2.33. The molecule has 0 spiro atoms. The highest BCUT2D eigenvalue weighted by molar-refractivity contribution is 5.66. The van der Waals surface area contributed by atoms with Gasteiger partial charge in [0.25, 0.3) is 0 Å². The number of hydrogen-bond acceptors (Lipinski definition) is 2. The Labute approximate surface area is 101 Å². The Kier molecular flexibility index (Phi) is 3.02. The molecule has 2 aromatic rings. The van der Waals surface area contributed by atoms with Gasteiger partial charge in [-0.2, -0.15) is 18.4 Å². The quantitative estimate of drug-likeness (QED) is 0.773. The molecule has 0 aliphatic rings. The fourth-order valence-electron chi connectivity index (χ4n) is 1.50. The lowest BCUT2D eigenvalue weighted by Crippen LogP contribution is -2.05. The lowest BCUT2D eigenvalue weighted by Gasteiger charge is -2.08. The van der Waals surface area contributed by atoms with E-state index in [0.29, 0.717) is 0 Å². The predicted molar refractivity (Wildman–Crippen MR) is 58.2 cm³/mol. The first kappa shape index (κ1) is 12.1. The van der Waals surface area contributed by atoms with Crippen LogP contribution in [0.5, 0.6) is 0 Å². The Bertz CT molecular complexity index is 612. The fraction of sp³-hybridized carbons (Fsp3) is 0.0769. The molecule has 1 radical (unpaired) electrons. The van der Waals surface area contributed by atoms with E-state index in [1.807, 2.05) is 6.07 Å². The van der Waals surface area contributed by atoms with Crippen molar-refractivity contribution in [3.8, 4) is 17.3 Å². The second-order valence-corrected chi connectivity index (χ2v) is 3.50. The van der Waals surface area contributed by atoms with Gasteiger partial charge in [0.1, 0.15) is 6.07 Å². The summed E-state index contributed by atoms with van der Waals surface area (Å²) in [5, 5.41) is 8.89. The van der Waals surface area contributed by atoms with Gasteiger partial charge in [0.15, 0.2) is 0 Å². The number of nitrogens with zero attached hydrogens (tertiary/aromatic N) is 2. The number of pyridine rings is 1. The van der Waals surface area contributed by atoms with Gasteiger partial charge in [-0.05, 0) is 24.3 Å². The summed E-state index contributed by atoms with van der Waals surface area (Å²) in [6.07, 6.45) is -3.03. The molecule has 0 amide bonds. The van der Waals surface area contributed by atoms with Gasteiger partial charge in [-0.25, -0.2) is 0 Å². The van der Waals surface area contributed by atoms with Crippen LogP contribution in [0.15, 0.2) is 36.5 Å². The van der Waals surface area contributed by atoms with E-state index in [0.717, 1.165) is 6.07 Å². The van der Waals surface area contributed by atoms with Crippen LogP contribution in [0.3, 0.4) is 0 Å². The Morgan fingerprint density at radius 1 is 1.28 bits per heavy atom. The molecular weight excluding hydrogens is 241 g/mol. The van der Waals surface area contributed by atoms with E-state index < -0.39 is 11.7 Å². The lowest BCUT2D eigenvalue weighted by atomic mass is 10.0. The first-order valence-corrected chi connectivity index (χ1v) is 4.97. The number of halogens is 3. The molecule has 1 aromatic heterocycles. The summed E-state index contributed by atoms with van der Waals surface area (Å²) < 4.78 is 37.6. The third-order valence-electron chi connectivity index (χ3n) is 2.31. The van der Waals surface area contributed by atoms with Gasteiger partial charge in [0.05, 0.1) is 16.8 Å². The van der Waals surface area contributed by atoms with E-state index >= 15 is 0 Å². The Morgan fingerprint density at radius 3 is 2.72 bits per heavy atom. The van der Waals surface area contributed by atoms with Crippen LogP contribution >= 0.6 is 0 Å². The minimum absolute atomic E-state index is 0.233. The largest absolute Gasteiger partial charge is 0.417 e. The molecule has 2 rings (SSSR count). The number of hydrogen-bond donors (Lipinski definition) is 0. The molecule has 0 aliphatic carbocycles. The Hall–Kier alpha value is -2.35. The maximum atomic E-state index is 12.5. The summed E-state index contributed by atoms with van der Waals surface area (Å²) in [6, 6.07) is 10.6. The van der Waals surface area contributed by atoms with Crippen LogP contribution in [0.1, 0.15) is 11.1 Å². The number of nitriles is 1. The lowest BCUT2D eigenvalue weighted by molar-refractivity contribution is -0.137. The van der Waals surface area contributed by atoms with Gasteiger partial charge in [-0.1, -0.05) is 12.1 Å². The van der Waals surface area contributed by atoms with Crippen molar-refractivity contribution < 1.29 is 13.2 Å². The summed E-state index contributed by atoms with van der Waals surface area (Å²) in [7, 11) is 0. The molecule has 0 N–H and O–H groups in total. The predicted octanol–water partition coefficient (Wildman–Crippen LogP) is 3.44. The van der Waals surface area contributed by atoms with Gasteiger partial charge in [-0.3, -0.25) is 4.98 Å². The van der Waals surface area contributed by atoms with Crippen molar-refractivity contribution in [1.29, 1.82) is 5.26 Å². The van der Waals surface area contributed by atoms with Crippen molar-refractivity contribution in [3.05, 3.63) is 53.7 Å². The smallest absolute Gasteiger partial charge is 0.255 e. The highest BCUT2D eigenvalue weighted by atomic mass is 19.4. The molecule has 0 unspecified atom stereocenters. The van der Waals surface area contributed by atoms with Crippen molar-refractivity contribution in [2.45, 2.75) is 6.18 Å². The molecule has 0 aliphatic heterocycles. The third-order valence-corrected chi connectivity index (χ3v) is 2.31. The van der Waals surface area contributed by atoms with Crippen molar-refractivity contribution in [2.75, 3.05) is 0 Å². The Morgan fingerprint density at radius 2 is 2.06 bits per heavy atom. The zero-order valence-electron chi connectivity index (χ0n) is 8.99. The fourth-order valence-corrected chi connectivity index (χ4v) is 1.50.